The van der Waals surface area contributed by atoms with E-state index in [1.165, 1.54) is 11.1 Å². The maximum absolute atomic E-state index is 10.6. The second kappa shape index (κ2) is 7.84. The highest BCUT2D eigenvalue weighted by Crippen LogP contribution is 2.11. The van der Waals surface area contributed by atoms with Gasteiger partial charge in [-0.15, -0.1) is 0 Å². The first-order valence-corrected chi connectivity index (χ1v) is 6.23. The Bertz CT molecular complexity index is 379. The van der Waals surface area contributed by atoms with Crippen molar-refractivity contribution in [3.63, 3.8) is 0 Å². The van der Waals surface area contributed by atoms with Crippen molar-refractivity contribution < 1.29 is 15.0 Å². The number of carbonyl (C=O) groups is 1. The Labute approximate surface area is 108 Å². The molecule has 0 aromatic heterocycles. The van der Waals surface area contributed by atoms with Gasteiger partial charge < -0.3 is 10.2 Å². The summed E-state index contributed by atoms with van der Waals surface area (Å²) >= 11 is 0. The van der Waals surface area contributed by atoms with E-state index in [0.717, 1.165) is 13.1 Å². The van der Waals surface area contributed by atoms with Gasteiger partial charge in [0.1, 0.15) is 0 Å². The van der Waals surface area contributed by atoms with Crippen LogP contribution in [0.15, 0.2) is 24.3 Å². The first kappa shape index (κ1) is 14.7. The molecule has 0 aliphatic carbocycles. The van der Waals surface area contributed by atoms with Crippen LogP contribution in [-0.2, 0) is 11.3 Å². The minimum absolute atomic E-state index is 0.136. The van der Waals surface area contributed by atoms with Crippen molar-refractivity contribution in [1.82, 2.24) is 4.90 Å². The molecule has 1 rings (SSSR count). The molecule has 100 valence electrons. The Morgan fingerprint density at radius 3 is 2.61 bits per heavy atom. The Hall–Kier alpha value is -1.39. The molecule has 4 heteroatoms. The van der Waals surface area contributed by atoms with Crippen molar-refractivity contribution in [3.05, 3.63) is 35.4 Å². The monoisotopic (exact) mass is 251 g/mol. The summed E-state index contributed by atoms with van der Waals surface area (Å²) in [4.78, 5) is 12.7. The standard InChI is InChI=1S/C14H21NO3/c1-12-5-2-3-6-13(12)11-15(8-4-10-16)9-7-14(17)18/h2-3,5-6,16H,4,7-11H2,1H3,(H,17,18). The number of aliphatic carboxylic acids is 1. The molecule has 0 unspecified atom stereocenters. The number of nitrogens with zero attached hydrogens (tertiary/aromatic N) is 1. The second-order valence-electron chi connectivity index (χ2n) is 4.42. The molecule has 1 aromatic carbocycles. The van der Waals surface area contributed by atoms with Crippen molar-refractivity contribution in [1.29, 1.82) is 0 Å². The van der Waals surface area contributed by atoms with E-state index in [1.807, 2.05) is 12.1 Å². The molecule has 0 aliphatic heterocycles. The van der Waals surface area contributed by atoms with Gasteiger partial charge in [0.15, 0.2) is 0 Å². The molecule has 0 radical (unpaired) electrons. The summed E-state index contributed by atoms with van der Waals surface area (Å²) in [6.07, 6.45) is 0.808. The predicted molar refractivity (Wildman–Crippen MR) is 70.4 cm³/mol. The van der Waals surface area contributed by atoms with Gasteiger partial charge >= 0.3 is 5.97 Å². The van der Waals surface area contributed by atoms with Crippen molar-refractivity contribution >= 4 is 5.97 Å². The van der Waals surface area contributed by atoms with Gasteiger partial charge in [-0.05, 0) is 24.5 Å². The lowest BCUT2D eigenvalue weighted by Crippen LogP contribution is -2.28. The van der Waals surface area contributed by atoms with E-state index < -0.39 is 5.97 Å². The van der Waals surface area contributed by atoms with Gasteiger partial charge in [0.25, 0.3) is 0 Å². The molecular weight excluding hydrogens is 230 g/mol. The number of hydrogen-bond donors (Lipinski definition) is 2. The van der Waals surface area contributed by atoms with E-state index in [1.54, 1.807) is 0 Å². The lowest BCUT2D eigenvalue weighted by atomic mass is 10.1. The van der Waals surface area contributed by atoms with E-state index in [0.29, 0.717) is 13.0 Å². The summed E-state index contributed by atoms with van der Waals surface area (Å²) in [7, 11) is 0. The lowest BCUT2D eigenvalue weighted by Gasteiger charge is -2.22. The highest BCUT2D eigenvalue weighted by atomic mass is 16.4. The lowest BCUT2D eigenvalue weighted by molar-refractivity contribution is -0.137. The minimum Gasteiger partial charge on any atom is -0.481 e. The number of aliphatic hydroxyl groups is 1. The van der Waals surface area contributed by atoms with Crippen LogP contribution in [0, 0.1) is 6.92 Å². The first-order chi connectivity index (χ1) is 8.63. The molecule has 2 N–H and O–H groups in total. The fraction of sp³-hybridized carbons (Fsp3) is 0.500. The number of carboxylic acids is 1. The summed E-state index contributed by atoms with van der Waals surface area (Å²) in [6, 6.07) is 8.09. The summed E-state index contributed by atoms with van der Waals surface area (Å²) in [5.74, 6) is -0.784. The Morgan fingerprint density at radius 1 is 1.28 bits per heavy atom. The predicted octanol–water partition coefficient (Wildman–Crippen LogP) is 1.65. The molecule has 0 bridgehead atoms. The Kier molecular flexibility index (Phi) is 6.39. The molecule has 1 aromatic rings. The number of aliphatic hydroxyl groups excluding tert-OH is 1. The van der Waals surface area contributed by atoms with Gasteiger partial charge in [-0.25, -0.2) is 0 Å². The molecular formula is C14H21NO3. The third kappa shape index (κ3) is 5.29. The van der Waals surface area contributed by atoms with Gasteiger partial charge in [0.2, 0.25) is 0 Å². The second-order valence-corrected chi connectivity index (χ2v) is 4.42. The van der Waals surface area contributed by atoms with Gasteiger partial charge in [0.05, 0.1) is 6.42 Å². The van der Waals surface area contributed by atoms with Crippen LogP contribution in [-0.4, -0.2) is 40.8 Å². The van der Waals surface area contributed by atoms with E-state index >= 15 is 0 Å². The zero-order valence-electron chi connectivity index (χ0n) is 10.8. The first-order valence-electron chi connectivity index (χ1n) is 6.23. The number of benzene rings is 1. The van der Waals surface area contributed by atoms with Crippen LogP contribution in [0.3, 0.4) is 0 Å². The Balaban J connectivity index is 2.59. The molecule has 0 fully saturated rings. The number of aryl methyl sites for hydroxylation is 1. The molecule has 0 amide bonds. The molecule has 0 saturated heterocycles. The van der Waals surface area contributed by atoms with E-state index in [2.05, 4.69) is 24.0 Å². The maximum Gasteiger partial charge on any atom is 0.304 e. The highest BCUT2D eigenvalue weighted by Gasteiger charge is 2.09. The zero-order valence-corrected chi connectivity index (χ0v) is 10.8. The highest BCUT2D eigenvalue weighted by molar-refractivity contribution is 5.66. The molecule has 18 heavy (non-hydrogen) atoms. The van der Waals surface area contributed by atoms with Crippen LogP contribution in [0.1, 0.15) is 24.0 Å². The fourth-order valence-corrected chi connectivity index (χ4v) is 1.85. The van der Waals surface area contributed by atoms with Crippen molar-refractivity contribution in [2.45, 2.75) is 26.3 Å². The summed E-state index contributed by atoms with van der Waals surface area (Å²) in [5.41, 5.74) is 2.42. The molecule has 0 heterocycles. The quantitative estimate of drug-likeness (QED) is 0.737. The van der Waals surface area contributed by atoms with Crippen molar-refractivity contribution in [2.75, 3.05) is 19.7 Å². The van der Waals surface area contributed by atoms with E-state index in [-0.39, 0.29) is 13.0 Å². The third-order valence-corrected chi connectivity index (χ3v) is 2.93. The SMILES string of the molecule is Cc1ccccc1CN(CCCO)CCC(=O)O. The fourth-order valence-electron chi connectivity index (χ4n) is 1.85. The zero-order chi connectivity index (χ0) is 13.4. The Morgan fingerprint density at radius 2 is 2.00 bits per heavy atom. The topological polar surface area (TPSA) is 60.8 Å². The molecule has 0 spiro atoms. The van der Waals surface area contributed by atoms with E-state index in [9.17, 15) is 4.79 Å². The molecule has 0 aliphatic rings. The van der Waals surface area contributed by atoms with Crippen molar-refractivity contribution in [2.24, 2.45) is 0 Å². The van der Waals surface area contributed by atoms with Crippen LogP contribution in [0.4, 0.5) is 0 Å². The third-order valence-electron chi connectivity index (χ3n) is 2.93. The smallest absolute Gasteiger partial charge is 0.304 e. The van der Waals surface area contributed by atoms with E-state index in [4.69, 9.17) is 10.2 Å². The summed E-state index contributed by atoms with van der Waals surface area (Å²) < 4.78 is 0. The van der Waals surface area contributed by atoms with Crippen LogP contribution >= 0.6 is 0 Å². The van der Waals surface area contributed by atoms with Gasteiger partial charge in [-0.2, -0.15) is 0 Å². The summed E-state index contributed by atoms with van der Waals surface area (Å²) in [6.45, 7) is 4.16. The number of rotatable bonds is 8. The molecule has 0 atom stereocenters. The average molecular weight is 251 g/mol. The van der Waals surface area contributed by atoms with Crippen LogP contribution in [0.5, 0.6) is 0 Å². The van der Waals surface area contributed by atoms with Gasteiger partial charge in [-0.1, -0.05) is 24.3 Å². The largest absolute Gasteiger partial charge is 0.481 e. The van der Waals surface area contributed by atoms with Crippen LogP contribution in [0.25, 0.3) is 0 Å². The normalized spacial score (nSPS) is 10.8. The number of carboxylic acid groups (broad SMARTS) is 1. The maximum atomic E-state index is 10.6. The van der Waals surface area contributed by atoms with Gasteiger partial charge in [-0.3, -0.25) is 9.69 Å². The van der Waals surface area contributed by atoms with Crippen molar-refractivity contribution in [3.8, 4) is 0 Å². The summed E-state index contributed by atoms with van der Waals surface area (Å²) in [5, 5.41) is 17.6. The molecule has 0 saturated carbocycles. The van der Waals surface area contributed by atoms with Crippen LogP contribution in [0.2, 0.25) is 0 Å². The van der Waals surface area contributed by atoms with Gasteiger partial charge in [0, 0.05) is 26.2 Å². The molecule has 4 nitrogen and oxygen atoms in total. The average Bonchev–Trinajstić information content (AvgIpc) is 2.35. The number of hydrogen-bond acceptors (Lipinski definition) is 3. The minimum atomic E-state index is -0.784. The van der Waals surface area contributed by atoms with Crippen LogP contribution < -0.4 is 0 Å².